The first-order chi connectivity index (χ1) is 12.0. The normalized spacial score (nSPS) is 17.3. The van der Waals surface area contributed by atoms with Crippen molar-refractivity contribution in [2.45, 2.75) is 19.0 Å². The number of benzene rings is 2. The molecule has 25 heavy (non-hydrogen) atoms. The van der Waals surface area contributed by atoms with Crippen molar-refractivity contribution in [2.75, 3.05) is 18.5 Å². The highest BCUT2D eigenvalue weighted by Crippen LogP contribution is 2.30. The number of likely N-dealkylation sites (N-methyl/N-ethyl adjacent to an activating group) is 1. The van der Waals surface area contributed by atoms with Gasteiger partial charge in [0.25, 0.3) is 0 Å². The molecule has 1 amide bonds. The van der Waals surface area contributed by atoms with E-state index in [0.717, 1.165) is 17.7 Å². The van der Waals surface area contributed by atoms with Gasteiger partial charge in [0, 0.05) is 13.1 Å². The highest BCUT2D eigenvalue weighted by Gasteiger charge is 2.35. The van der Waals surface area contributed by atoms with E-state index in [1.807, 2.05) is 30.1 Å². The van der Waals surface area contributed by atoms with Gasteiger partial charge < -0.3 is 10.0 Å². The van der Waals surface area contributed by atoms with E-state index >= 15 is 0 Å². The molecule has 1 aliphatic heterocycles. The molecule has 3 rings (SSSR count). The lowest BCUT2D eigenvalue weighted by Gasteiger charge is -2.24. The highest BCUT2D eigenvalue weighted by molar-refractivity contribution is 6.33. The number of carbonyl (C=O) groups excluding carboxylic acids is 1. The van der Waals surface area contributed by atoms with Crippen LogP contribution in [0.5, 0.6) is 0 Å². The summed E-state index contributed by atoms with van der Waals surface area (Å²) in [6.07, 6.45) is 0.730. The van der Waals surface area contributed by atoms with Crippen LogP contribution in [0.4, 0.5) is 5.69 Å². The summed E-state index contributed by atoms with van der Waals surface area (Å²) >= 11 is 6.21. The summed E-state index contributed by atoms with van der Waals surface area (Å²) in [5.41, 5.74) is 1.97. The van der Waals surface area contributed by atoms with Crippen molar-refractivity contribution in [1.82, 2.24) is 4.90 Å². The van der Waals surface area contributed by atoms with Crippen LogP contribution in [0.25, 0.3) is 0 Å². The molecule has 0 bridgehead atoms. The van der Waals surface area contributed by atoms with Crippen molar-refractivity contribution < 1.29 is 14.7 Å². The number of aromatic carboxylic acids is 1. The quantitative estimate of drug-likeness (QED) is 0.891. The third-order valence-electron chi connectivity index (χ3n) is 4.49. The fourth-order valence-corrected chi connectivity index (χ4v) is 3.37. The minimum atomic E-state index is -0.943. The van der Waals surface area contributed by atoms with Gasteiger partial charge in [-0.05, 0) is 43.3 Å². The monoisotopic (exact) mass is 358 g/mol. The molecule has 1 N–H and O–H groups in total. The van der Waals surface area contributed by atoms with E-state index in [1.54, 1.807) is 35.2 Å². The molecule has 0 saturated carbocycles. The molecule has 6 heteroatoms. The number of carbonyl (C=O) groups is 2. The molecule has 1 unspecified atom stereocenters. The number of nitrogens with zero attached hydrogens (tertiary/aromatic N) is 2. The Labute approximate surface area is 151 Å². The predicted octanol–water partition coefficient (Wildman–Crippen LogP) is 3.28. The Kier molecular flexibility index (Phi) is 5.06. The second-order valence-electron chi connectivity index (χ2n) is 6.16. The lowest BCUT2D eigenvalue weighted by Crippen LogP contribution is -2.39. The van der Waals surface area contributed by atoms with Gasteiger partial charge in [0.05, 0.1) is 22.3 Å². The Morgan fingerprint density at radius 2 is 1.92 bits per heavy atom. The Bertz CT molecular complexity index is 792. The van der Waals surface area contributed by atoms with Crippen LogP contribution in [0.15, 0.2) is 48.5 Å². The maximum absolute atomic E-state index is 12.8. The first-order valence-electron chi connectivity index (χ1n) is 8.06. The molecule has 1 heterocycles. The minimum absolute atomic E-state index is 0.0396. The van der Waals surface area contributed by atoms with Crippen molar-refractivity contribution >= 4 is 29.2 Å². The van der Waals surface area contributed by atoms with Crippen molar-refractivity contribution in [3.8, 4) is 0 Å². The van der Waals surface area contributed by atoms with Gasteiger partial charge in [-0.25, -0.2) is 4.79 Å². The molecule has 5 nitrogen and oxygen atoms in total. The van der Waals surface area contributed by atoms with Crippen molar-refractivity contribution in [3.63, 3.8) is 0 Å². The summed E-state index contributed by atoms with van der Waals surface area (Å²) < 4.78 is 0. The van der Waals surface area contributed by atoms with Crippen LogP contribution < -0.4 is 4.90 Å². The number of carboxylic acid groups (broad SMARTS) is 1. The molecule has 0 spiro atoms. The summed E-state index contributed by atoms with van der Waals surface area (Å²) in [5, 5.41) is 9.53. The highest BCUT2D eigenvalue weighted by atomic mass is 35.5. The molecule has 1 fully saturated rings. The Hall–Kier alpha value is -2.37. The standard InChI is InChI=1S/C19H19ClN2O3/c1-21(12-13-6-8-14(9-7-13)19(24)25)17-10-11-22(18(17)23)16-5-3-2-4-15(16)20/h2-9,17H,10-12H2,1H3,(H,24,25). The van der Waals surface area contributed by atoms with Crippen LogP contribution >= 0.6 is 11.6 Å². The largest absolute Gasteiger partial charge is 0.478 e. The van der Waals surface area contributed by atoms with Crippen LogP contribution in [0.2, 0.25) is 5.02 Å². The molecule has 2 aromatic carbocycles. The Morgan fingerprint density at radius 3 is 2.56 bits per heavy atom. The first-order valence-corrected chi connectivity index (χ1v) is 8.43. The summed E-state index contributed by atoms with van der Waals surface area (Å²) in [5.74, 6) is -0.904. The number of para-hydroxylation sites is 1. The molecule has 1 saturated heterocycles. The average molecular weight is 359 g/mol. The molecule has 0 aromatic heterocycles. The first kappa shape index (κ1) is 17.5. The SMILES string of the molecule is CN(Cc1ccc(C(=O)O)cc1)C1CCN(c2ccccc2Cl)C1=O. The number of carboxylic acids is 1. The topological polar surface area (TPSA) is 60.9 Å². The number of amides is 1. The van der Waals surface area contributed by atoms with Crippen LogP contribution in [0, 0.1) is 0 Å². The Morgan fingerprint density at radius 1 is 1.24 bits per heavy atom. The lowest BCUT2D eigenvalue weighted by molar-refractivity contribution is -0.121. The van der Waals surface area contributed by atoms with E-state index in [0.29, 0.717) is 18.1 Å². The van der Waals surface area contributed by atoms with Gasteiger partial charge in [0.2, 0.25) is 5.91 Å². The third-order valence-corrected chi connectivity index (χ3v) is 4.81. The molecule has 0 radical (unpaired) electrons. The smallest absolute Gasteiger partial charge is 0.335 e. The average Bonchev–Trinajstić information content (AvgIpc) is 2.97. The predicted molar refractivity (Wildman–Crippen MR) is 97.1 cm³/mol. The van der Waals surface area contributed by atoms with Crippen molar-refractivity contribution in [1.29, 1.82) is 0 Å². The van der Waals surface area contributed by atoms with E-state index in [4.69, 9.17) is 16.7 Å². The summed E-state index contributed by atoms with van der Waals surface area (Å²) in [6.45, 7) is 1.21. The van der Waals surface area contributed by atoms with Gasteiger partial charge in [0.1, 0.15) is 0 Å². The second-order valence-corrected chi connectivity index (χ2v) is 6.57. The Balaban J connectivity index is 1.69. The molecule has 1 aliphatic rings. The summed E-state index contributed by atoms with van der Waals surface area (Å²) in [4.78, 5) is 27.4. The van der Waals surface area contributed by atoms with Gasteiger partial charge in [-0.1, -0.05) is 35.9 Å². The van der Waals surface area contributed by atoms with E-state index in [2.05, 4.69) is 0 Å². The van der Waals surface area contributed by atoms with Crippen LogP contribution in [0.3, 0.4) is 0 Å². The fourth-order valence-electron chi connectivity index (χ4n) is 3.13. The zero-order chi connectivity index (χ0) is 18.0. The van der Waals surface area contributed by atoms with Gasteiger partial charge in [-0.15, -0.1) is 0 Å². The van der Waals surface area contributed by atoms with E-state index in [1.165, 1.54) is 0 Å². The number of anilines is 1. The molecule has 0 aliphatic carbocycles. The van der Waals surface area contributed by atoms with E-state index in [-0.39, 0.29) is 17.5 Å². The van der Waals surface area contributed by atoms with E-state index in [9.17, 15) is 9.59 Å². The van der Waals surface area contributed by atoms with Gasteiger partial charge >= 0.3 is 5.97 Å². The van der Waals surface area contributed by atoms with E-state index < -0.39 is 5.97 Å². The number of rotatable bonds is 5. The lowest BCUT2D eigenvalue weighted by atomic mass is 10.1. The zero-order valence-electron chi connectivity index (χ0n) is 13.9. The second kappa shape index (κ2) is 7.25. The summed E-state index contributed by atoms with van der Waals surface area (Å²) in [6, 6.07) is 13.9. The fraction of sp³-hybridized carbons (Fsp3) is 0.263. The van der Waals surface area contributed by atoms with Crippen LogP contribution in [-0.2, 0) is 11.3 Å². The van der Waals surface area contributed by atoms with Gasteiger partial charge in [-0.3, -0.25) is 9.69 Å². The van der Waals surface area contributed by atoms with Gasteiger partial charge in [-0.2, -0.15) is 0 Å². The van der Waals surface area contributed by atoms with Crippen LogP contribution in [-0.4, -0.2) is 41.5 Å². The maximum Gasteiger partial charge on any atom is 0.335 e. The third kappa shape index (κ3) is 3.67. The molecule has 2 aromatic rings. The van der Waals surface area contributed by atoms with Crippen molar-refractivity contribution in [3.05, 3.63) is 64.7 Å². The molecule has 130 valence electrons. The molecular formula is C19H19ClN2O3. The number of hydrogen-bond acceptors (Lipinski definition) is 3. The van der Waals surface area contributed by atoms with Crippen LogP contribution in [0.1, 0.15) is 22.3 Å². The van der Waals surface area contributed by atoms with Crippen molar-refractivity contribution in [2.24, 2.45) is 0 Å². The van der Waals surface area contributed by atoms with Gasteiger partial charge in [0.15, 0.2) is 0 Å². The molecular weight excluding hydrogens is 340 g/mol. The maximum atomic E-state index is 12.8. The number of hydrogen-bond donors (Lipinski definition) is 1. The minimum Gasteiger partial charge on any atom is -0.478 e. The zero-order valence-corrected chi connectivity index (χ0v) is 14.6. The summed E-state index contributed by atoms with van der Waals surface area (Å²) in [7, 11) is 1.91. The molecule has 1 atom stereocenters. The number of halogens is 1.